The van der Waals surface area contributed by atoms with E-state index >= 15 is 0 Å². The lowest BCUT2D eigenvalue weighted by atomic mass is 9.89. The van der Waals surface area contributed by atoms with E-state index in [0.717, 1.165) is 48.5 Å². The minimum atomic E-state index is -0.405. The number of hydrogen-bond acceptors (Lipinski definition) is 5. The summed E-state index contributed by atoms with van der Waals surface area (Å²) in [4.78, 5) is 24.4. The monoisotopic (exact) mass is 381 g/mol. The molecule has 1 fully saturated rings. The average molecular weight is 381 g/mol. The van der Waals surface area contributed by atoms with Crippen LogP contribution in [0.3, 0.4) is 0 Å². The summed E-state index contributed by atoms with van der Waals surface area (Å²) in [6, 6.07) is 11.3. The molecule has 6 nitrogen and oxygen atoms in total. The maximum atomic E-state index is 12.3. The van der Waals surface area contributed by atoms with E-state index in [4.69, 9.17) is 13.9 Å². The molecule has 0 aliphatic heterocycles. The van der Waals surface area contributed by atoms with Gasteiger partial charge >= 0.3 is 5.97 Å². The van der Waals surface area contributed by atoms with Crippen LogP contribution in [-0.2, 0) is 14.3 Å². The molecule has 2 aromatic carbocycles. The summed E-state index contributed by atoms with van der Waals surface area (Å²) in [5.41, 5.74) is 1.90. The second kappa shape index (κ2) is 7.92. The molecule has 28 heavy (non-hydrogen) atoms. The van der Waals surface area contributed by atoms with Crippen molar-refractivity contribution in [3.63, 3.8) is 0 Å². The molecule has 0 unspecified atom stereocenters. The Labute approximate surface area is 162 Å². The first-order chi connectivity index (χ1) is 13.7. The van der Waals surface area contributed by atoms with Crippen molar-refractivity contribution in [2.45, 2.75) is 32.1 Å². The minimum absolute atomic E-state index is 0.0806. The van der Waals surface area contributed by atoms with Gasteiger partial charge in [-0.15, -0.1) is 0 Å². The number of hydrogen-bond donors (Lipinski definition) is 1. The van der Waals surface area contributed by atoms with Crippen molar-refractivity contribution in [2.24, 2.45) is 5.92 Å². The molecule has 1 saturated carbocycles. The van der Waals surface area contributed by atoms with Crippen LogP contribution >= 0.6 is 0 Å². The highest BCUT2D eigenvalue weighted by Gasteiger charge is 2.23. The van der Waals surface area contributed by atoms with Crippen LogP contribution in [0, 0.1) is 5.92 Å². The number of amides is 1. The number of esters is 1. The van der Waals surface area contributed by atoms with E-state index in [1.54, 1.807) is 13.2 Å². The van der Waals surface area contributed by atoms with Gasteiger partial charge in [0, 0.05) is 16.8 Å². The Hall–Kier alpha value is -3.02. The Morgan fingerprint density at radius 1 is 1.07 bits per heavy atom. The highest BCUT2D eigenvalue weighted by atomic mass is 16.5. The summed E-state index contributed by atoms with van der Waals surface area (Å²) >= 11 is 0. The highest BCUT2D eigenvalue weighted by molar-refractivity contribution is 6.07. The number of carbonyl (C=O) groups excluding carboxylic acids is 2. The fraction of sp³-hybridized carbons (Fsp3) is 0.364. The normalized spacial score (nSPS) is 14.9. The molecular weight excluding hydrogens is 358 g/mol. The fourth-order valence-electron chi connectivity index (χ4n) is 3.80. The second-order valence-corrected chi connectivity index (χ2v) is 7.14. The van der Waals surface area contributed by atoms with Crippen molar-refractivity contribution in [2.75, 3.05) is 19.0 Å². The van der Waals surface area contributed by atoms with Crippen LogP contribution < -0.4 is 10.1 Å². The zero-order valence-corrected chi connectivity index (χ0v) is 15.8. The molecule has 4 rings (SSSR count). The molecule has 0 atom stereocenters. The Morgan fingerprint density at radius 3 is 2.64 bits per heavy atom. The molecule has 0 radical (unpaired) electrons. The van der Waals surface area contributed by atoms with Gasteiger partial charge in [0.1, 0.15) is 16.9 Å². The van der Waals surface area contributed by atoms with Crippen LogP contribution in [0.5, 0.6) is 5.75 Å². The van der Waals surface area contributed by atoms with Gasteiger partial charge in [-0.2, -0.15) is 0 Å². The topological polar surface area (TPSA) is 77.8 Å². The third-order valence-electron chi connectivity index (χ3n) is 5.26. The van der Waals surface area contributed by atoms with Gasteiger partial charge in [-0.05, 0) is 25.0 Å². The molecular formula is C22H23NO5. The number of rotatable bonds is 5. The molecule has 0 spiro atoms. The van der Waals surface area contributed by atoms with Crippen LogP contribution in [0.1, 0.15) is 32.1 Å². The van der Waals surface area contributed by atoms with Crippen molar-refractivity contribution in [3.05, 3.63) is 36.4 Å². The first-order valence-electron chi connectivity index (χ1n) is 9.61. The van der Waals surface area contributed by atoms with E-state index < -0.39 is 5.91 Å². The zero-order chi connectivity index (χ0) is 19.5. The number of anilines is 1. The molecule has 6 heteroatoms. The van der Waals surface area contributed by atoms with Crippen LogP contribution in [0.15, 0.2) is 40.8 Å². The quantitative estimate of drug-likeness (QED) is 0.651. The fourth-order valence-corrected chi connectivity index (χ4v) is 3.80. The number of methoxy groups -OCH3 is 1. The van der Waals surface area contributed by atoms with Crippen LogP contribution in [-0.4, -0.2) is 25.6 Å². The Kier molecular flexibility index (Phi) is 5.19. The standard InChI is InChI=1S/C22H23NO5/c1-26-20-11-16-15-9-5-6-10-18(15)28-19(16)12-17(20)23-21(24)13-27-22(25)14-7-3-2-4-8-14/h5-6,9-12,14H,2-4,7-8,13H2,1H3,(H,23,24). The van der Waals surface area contributed by atoms with Crippen LogP contribution in [0.2, 0.25) is 0 Å². The van der Waals surface area contributed by atoms with E-state index in [1.807, 2.05) is 30.3 Å². The van der Waals surface area contributed by atoms with E-state index in [0.29, 0.717) is 17.0 Å². The van der Waals surface area contributed by atoms with Gasteiger partial charge in [0.25, 0.3) is 5.91 Å². The summed E-state index contributed by atoms with van der Waals surface area (Å²) in [6.45, 7) is -0.309. The van der Waals surface area contributed by atoms with Crippen molar-refractivity contribution < 1.29 is 23.5 Å². The van der Waals surface area contributed by atoms with Gasteiger partial charge in [-0.25, -0.2) is 0 Å². The Morgan fingerprint density at radius 2 is 1.86 bits per heavy atom. The number of carbonyl (C=O) groups is 2. The lowest BCUT2D eigenvalue weighted by Gasteiger charge is -2.19. The molecule has 1 aliphatic carbocycles. The molecule has 1 aromatic heterocycles. The zero-order valence-electron chi connectivity index (χ0n) is 15.8. The van der Waals surface area contributed by atoms with Crippen LogP contribution in [0.4, 0.5) is 5.69 Å². The number of ether oxygens (including phenoxy) is 2. The highest BCUT2D eigenvalue weighted by Crippen LogP contribution is 2.36. The lowest BCUT2D eigenvalue weighted by molar-refractivity contribution is -0.152. The minimum Gasteiger partial charge on any atom is -0.495 e. The van der Waals surface area contributed by atoms with Crippen LogP contribution in [0.25, 0.3) is 21.9 Å². The van der Waals surface area contributed by atoms with Crippen molar-refractivity contribution >= 4 is 39.5 Å². The molecule has 0 bridgehead atoms. The van der Waals surface area contributed by atoms with E-state index in [1.165, 1.54) is 0 Å². The summed E-state index contributed by atoms with van der Waals surface area (Å²) < 4.78 is 16.5. The van der Waals surface area contributed by atoms with Crippen molar-refractivity contribution in [1.82, 2.24) is 0 Å². The van der Waals surface area contributed by atoms with E-state index in [-0.39, 0.29) is 18.5 Å². The smallest absolute Gasteiger partial charge is 0.309 e. The Bertz CT molecular complexity index is 1020. The van der Waals surface area contributed by atoms with Crippen molar-refractivity contribution in [3.8, 4) is 5.75 Å². The third kappa shape index (κ3) is 3.67. The van der Waals surface area contributed by atoms with Gasteiger partial charge in [-0.3, -0.25) is 9.59 Å². The number of benzene rings is 2. The summed E-state index contributed by atoms with van der Waals surface area (Å²) in [5, 5.41) is 4.65. The molecule has 1 aliphatic rings. The SMILES string of the molecule is COc1cc2c(cc1NC(=O)COC(=O)C1CCCCC1)oc1ccccc12. The largest absolute Gasteiger partial charge is 0.495 e. The molecule has 1 heterocycles. The van der Waals surface area contributed by atoms with Gasteiger partial charge in [0.15, 0.2) is 6.61 Å². The molecule has 1 N–H and O–H groups in total. The first kappa shape index (κ1) is 18.3. The summed E-state index contributed by atoms with van der Waals surface area (Å²) in [7, 11) is 1.54. The van der Waals surface area contributed by atoms with Gasteiger partial charge < -0.3 is 19.2 Å². The lowest BCUT2D eigenvalue weighted by Crippen LogP contribution is -2.26. The van der Waals surface area contributed by atoms with E-state index in [2.05, 4.69) is 5.32 Å². The molecule has 146 valence electrons. The first-order valence-corrected chi connectivity index (χ1v) is 9.61. The number of fused-ring (bicyclic) bond motifs is 3. The number of furan rings is 1. The van der Waals surface area contributed by atoms with Gasteiger partial charge in [0.2, 0.25) is 0 Å². The van der Waals surface area contributed by atoms with Gasteiger partial charge in [-0.1, -0.05) is 37.5 Å². The number of para-hydroxylation sites is 1. The predicted octanol–water partition coefficient (Wildman–Crippen LogP) is 4.66. The molecule has 0 saturated heterocycles. The maximum absolute atomic E-state index is 12.3. The molecule has 3 aromatic rings. The van der Waals surface area contributed by atoms with E-state index in [9.17, 15) is 9.59 Å². The Balaban J connectivity index is 1.48. The summed E-state index contributed by atoms with van der Waals surface area (Å²) in [5.74, 6) is -0.249. The second-order valence-electron chi connectivity index (χ2n) is 7.14. The molecule has 1 amide bonds. The van der Waals surface area contributed by atoms with Crippen molar-refractivity contribution in [1.29, 1.82) is 0 Å². The summed E-state index contributed by atoms with van der Waals surface area (Å²) in [6.07, 6.45) is 4.93. The maximum Gasteiger partial charge on any atom is 0.309 e. The number of nitrogens with one attached hydrogen (secondary N) is 1. The average Bonchev–Trinajstić information content (AvgIpc) is 3.09. The third-order valence-corrected chi connectivity index (χ3v) is 5.26. The predicted molar refractivity (Wildman–Crippen MR) is 106 cm³/mol. The van der Waals surface area contributed by atoms with Gasteiger partial charge in [0.05, 0.1) is 18.7 Å².